The van der Waals surface area contributed by atoms with E-state index in [0.717, 1.165) is 0 Å². The third kappa shape index (κ3) is 1.80. The number of halogens is 2. The molecule has 1 aromatic heterocycles. The van der Waals surface area contributed by atoms with E-state index in [1.165, 1.54) is 12.1 Å². The lowest BCUT2D eigenvalue weighted by Crippen LogP contribution is -1.82. The smallest absolute Gasteiger partial charge is 0.292 e. The first-order valence-electron chi connectivity index (χ1n) is 4.26. The van der Waals surface area contributed by atoms with E-state index in [1.807, 2.05) is 0 Å². The van der Waals surface area contributed by atoms with Gasteiger partial charge in [0, 0.05) is 5.56 Å². The van der Waals surface area contributed by atoms with Crippen LogP contribution in [-0.4, -0.2) is 4.98 Å². The van der Waals surface area contributed by atoms with Crippen LogP contribution in [0.1, 0.15) is 5.69 Å². The number of oxazole rings is 1. The lowest BCUT2D eigenvalue weighted by molar-refractivity contribution is 0.593. The van der Waals surface area contributed by atoms with Crippen LogP contribution in [0.15, 0.2) is 22.6 Å². The molecule has 15 heavy (non-hydrogen) atoms. The highest BCUT2D eigenvalue weighted by atomic mass is 35.5. The van der Waals surface area contributed by atoms with E-state index in [9.17, 15) is 4.39 Å². The Bertz CT molecular complexity index is 510. The predicted molar refractivity (Wildman–Crippen MR) is 56.1 cm³/mol. The topological polar surface area (TPSA) is 52.0 Å². The minimum Gasteiger partial charge on any atom is -0.423 e. The zero-order valence-electron chi connectivity index (χ0n) is 7.92. The number of aromatic nitrogens is 1. The Morgan fingerprint density at radius 1 is 1.47 bits per heavy atom. The van der Waals surface area contributed by atoms with Gasteiger partial charge in [0.15, 0.2) is 5.76 Å². The Balaban J connectivity index is 2.54. The van der Waals surface area contributed by atoms with Crippen molar-refractivity contribution in [2.75, 3.05) is 5.73 Å². The van der Waals surface area contributed by atoms with Crippen LogP contribution < -0.4 is 5.73 Å². The van der Waals surface area contributed by atoms with Crippen LogP contribution >= 0.6 is 11.6 Å². The Hall–Kier alpha value is -1.55. The number of rotatable bonds is 1. The molecule has 78 valence electrons. The summed E-state index contributed by atoms with van der Waals surface area (Å²) in [7, 11) is 0. The van der Waals surface area contributed by atoms with Gasteiger partial charge in [-0.1, -0.05) is 11.6 Å². The highest BCUT2D eigenvalue weighted by Gasteiger charge is 2.11. The predicted octanol–water partition coefficient (Wildman–Crippen LogP) is 3.02. The number of nitrogens with two attached hydrogens (primary N) is 1. The maximum Gasteiger partial charge on any atom is 0.292 e. The van der Waals surface area contributed by atoms with E-state index < -0.39 is 5.82 Å². The maximum absolute atomic E-state index is 12.9. The van der Waals surface area contributed by atoms with Gasteiger partial charge in [-0.25, -0.2) is 4.39 Å². The number of benzene rings is 1. The van der Waals surface area contributed by atoms with Gasteiger partial charge in [0.1, 0.15) is 5.82 Å². The van der Waals surface area contributed by atoms with Crippen LogP contribution in [0.5, 0.6) is 0 Å². The molecule has 0 saturated carbocycles. The SMILES string of the molecule is Cc1nc(N)oc1-c1ccc(F)c(Cl)c1. The van der Waals surface area contributed by atoms with Gasteiger partial charge in [0.05, 0.1) is 10.7 Å². The minimum atomic E-state index is -0.467. The molecule has 2 rings (SSSR count). The number of hydrogen-bond acceptors (Lipinski definition) is 3. The van der Waals surface area contributed by atoms with Crippen molar-refractivity contribution in [1.82, 2.24) is 4.98 Å². The quantitative estimate of drug-likeness (QED) is 0.813. The first-order valence-corrected chi connectivity index (χ1v) is 4.64. The van der Waals surface area contributed by atoms with Gasteiger partial charge in [-0.2, -0.15) is 4.98 Å². The van der Waals surface area contributed by atoms with Crippen LogP contribution in [0.25, 0.3) is 11.3 Å². The lowest BCUT2D eigenvalue weighted by Gasteiger charge is -1.99. The van der Waals surface area contributed by atoms with Crippen molar-refractivity contribution in [3.05, 3.63) is 34.7 Å². The van der Waals surface area contributed by atoms with Crippen molar-refractivity contribution in [2.45, 2.75) is 6.92 Å². The van der Waals surface area contributed by atoms with Crippen molar-refractivity contribution in [3.8, 4) is 11.3 Å². The van der Waals surface area contributed by atoms with E-state index >= 15 is 0 Å². The van der Waals surface area contributed by atoms with Crippen molar-refractivity contribution in [2.24, 2.45) is 0 Å². The van der Waals surface area contributed by atoms with Crippen LogP contribution in [0.4, 0.5) is 10.4 Å². The molecule has 0 atom stereocenters. The second-order valence-electron chi connectivity index (χ2n) is 3.10. The summed E-state index contributed by atoms with van der Waals surface area (Å²) < 4.78 is 18.1. The number of anilines is 1. The van der Waals surface area contributed by atoms with Crippen LogP contribution in [0.3, 0.4) is 0 Å². The van der Waals surface area contributed by atoms with Crippen LogP contribution in [0.2, 0.25) is 5.02 Å². The second-order valence-corrected chi connectivity index (χ2v) is 3.50. The molecule has 2 N–H and O–H groups in total. The van der Waals surface area contributed by atoms with E-state index in [-0.39, 0.29) is 11.0 Å². The average molecular weight is 227 g/mol. The second kappa shape index (κ2) is 3.55. The van der Waals surface area contributed by atoms with Gasteiger partial charge in [0.2, 0.25) is 0 Å². The summed E-state index contributed by atoms with van der Waals surface area (Å²) in [5.74, 6) is 0.0416. The summed E-state index contributed by atoms with van der Waals surface area (Å²) >= 11 is 5.65. The Morgan fingerprint density at radius 3 is 2.73 bits per heavy atom. The standard InChI is InChI=1S/C10H8ClFN2O/c1-5-9(15-10(13)14-5)6-2-3-8(12)7(11)4-6/h2-4H,1H3,(H2,13,14). The summed E-state index contributed by atoms with van der Waals surface area (Å²) in [6, 6.07) is 4.40. The fourth-order valence-corrected chi connectivity index (χ4v) is 1.50. The molecule has 1 aromatic carbocycles. The molecule has 0 aliphatic carbocycles. The molecule has 0 radical (unpaired) electrons. The van der Waals surface area contributed by atoms with Crippen LogP contribution in [-0.2, 0) is 0 Å². The van der Waals surface area contributed by atoms with E-state index in [4.69, 9.17) is 21.8 Å². The molecule has 0 spiro atoms. The first-order chi connectivity index (χ1) is 7.08. The lowest BCUT2D eigenvalue weighted by atomic mass is 10.1. The van der Waals surface area contributed by atoms with Gasteiger partial charge in [-0.15, -0.1) is 0 Å². The van der Waals surface area contributed by atoms with E-state index in [2.05, 4.69) is 4.98 Å². The molecule has 0 saturated heterocycles. The normalized spacial score (nSPS) is 10.6. The van der Waals surface area contributed by atoms with E-state index in [0.29, 0.717) is 17.0 Å². The molecular weight excluding hydrogens is 219 g/mol. The number of aryl methyl sites for hydroxylation is 1. The molecule has 0 aliphatic heterocycles. The fraction of sp³-hybridized carbons (Fsp3) is 0.100. The Kier molecular flexibility index (Phi) is 2.36. The van der Waals surface area contributed by atoms with Crippen molar-refractivity contribution >= 4 is 17.6 Å². The molecule has 0 aliphatic rings. The van der Waals surface area contributed by atoms with Crippen molar-refractivity contribution < 1.29 is 8.81 Å². The summed E-state index contributed by atoms with van der Waals surface area (Å²) in [4.78, 5) is 3.91. The highest BCUT2D eigenvalue weighted by molar-refractivity contribution is 6.31. The van der Waals surface area contributed by atoms with Crippen molar-refractivity contribution in [1.29, 1.82) is 0 Å². The number of nitrogens with zero attached hydrogens (tertiary/aromatic N) is 1. The highest BCUT2D eigenvalue weighted by Crippen LogP contribution is 2.28. The average Bonchev–Trinajstić information content (AvgIpc) is 2.50. The van der Waals surface area contributed by atoms with Gasteiger partial charge >= 0.3 is 0 Å². The summed E-state index contributed by atoms with van der Waals surface area (Å²) in [5.41, 5.74) is 6.70. The third-order valence-corrected chi connectivity index (χ3v) is 2.28. The maximum atomic E-state index is 12.9. The number of hydrogen-bond donors (Lipinski definition) is 1. The minimum absolute atomic E-state index is 0.0434. The molecular formula is C10H8ClFN2O. The van der Waals surface area contributed by atoms with Crippen molar-refractivity contribution in [3.63, 3.8) is 0 Å². The Morgan fingerprint density at radius 2 is 2.20 bits per heavy atom. The zero-order valence-corrected chi connectivity index (χ0v) is 8.68. The van der Waals surface area contributed by atoms with Gasteiger partial charge in [0.25, 0.3) is 6.01 Å². The molecule has 0 fully saturated rings. The monoisotopic (exact) mass is 226 g/mol. The number of nitrogen functional groups attached to an aromatic ring is 1. The first kappa shape index (κ1) is 9.98. The zero-order chi connectivity index (χ0) is 11.0. The largest absolute Gasteiger partial charge is 0.423 e. The molecule has 1 heterocycles. The summed E-state index contributed by atoms with van der Waals surface area (Å²) in [6.07, 6.45) is 0. The third-order valence-electron chi connectivity index (χ3n) is 1.99. The molecule has 2 aromatic rings. The molecule has 3 nitrogen and oxygen atoms in total. The van der Waals surface area contributed by atoms with Gasteiger partial charge in [-0.3, -0.25) is 0 Å². The molecule has 0 bridgehead atoms. The van der Waals surface area contributed by atoms with Gasteiger partial charge < -0.3 is 10.2 Å². The van der Waals surface area contributed by atoms with E-state index in [1.54, 1.807) is 13.0 Å². The molecule has 0 amide bonds. The van der Waals surface area contributed by atoms with Crippen LogP contribution in [0, 0.1) is 12.7 Å². The Labute approximate surface area is 90.7 Å². The molecule has 0 unspecified atom stereocenters. The summed E-state index contributed by atoms with van der Waals surface area (Å²) in [5, 5.41) is 0.0434. The molecule has 5 heteroatoms. The fourth-order valence-electron chi connectivity index (χ4n) is 1.32. The van der Waals surface area contributed by atoms with Gasteiger partial charge in [-0.05, 0) is 25.1 Å². The summed E-state index contributed by atoms with van der Waals surface area (Å²) in [6.45, 7) is 1.76.